The Balaban J connectivity index is 1.65. The van der Waals surface area contributed by atoms with Gasteiger partial charge in [-0.2, -0.15) is 0 Å². The molecule has 1 fully saturated rings. The van der Waals surface area contributed by atoms with Gasteiger partial charge in [0.05, 0.1) is 16.8 Å². The molecule has 1 amide bonds. The summed E-state index contributed by atoms with van der Waals surface area (Å²) in [7, 11) is -3.16. The molecule has 1 aliphatic heterocycles. The monoisotopic (exact) mass is 488 g/mol. The van der Waals surface area contributed by atoms with Crippen LogP contribution < -0.4 is 11.1 Å². The maximum Gasteiger partial charge on any atom is 0.250 e. The zero-order valence-electron chi connectivity index (χ0n) is 19.2. The van der Waals surface area contributed by atoms with Gasteiger partial charge in [0.2, 0.25) is 10.0 Å². The van der Waals surface area contributed by atoms with Crippen LogP contribution in [0.25, 0.3) is 22.0 Å². The first-order valence-electron chi connectivity index (χ1n) is 11.5. The highest BCUT2D eigenvalue weighted by Gasteiger charge is 2.29. The van der Waals surface area contributed by atoms with E-state index in [1.54, 1.807) is 22.6 Å². The third kappa shape index (κ3) is 5.01. The van der Waals surface area contributed by atoms with E-state index in [0.29, 0.717) is 18.7 Å². The molecule has 0 saturated carbocycles. The number of fused-ring (bicyclic) bond motifs is 1. The maximum atomic E-state index is 12.3. The van der Waals surface area contributed by atoms with Crippen LogP contribution in [0.1, 0.15) is 59.8 Å². The van der Waals surface area contributed by atoms with Gasteiger partial charge in [-0.15, -0.1) is 11.3 Å². The standard InChI is InChI=1S/C24H32N4O3S2/c1-3-7-26-13-19-10-18(15-32-19)17-11-20-22(14-27-23(20)21(12-17)24(25)29)16-5-8-28(9-6-16)33(30,31)4-2/h10-12,14-16,26-27H,3-9,13H2,1-2H3,(H2,25,29). The molecule has 178 valence electrons. The number of nitrogens with two attached hydrogens (primary N) is 1. The Labute approximate surface area is 199 Å². The number of carbonyl (C=O) groups is 1. The number of sulfonamides is 1. The summed E-state index contributed by atoms with van der Waals surface area (Å²) in [5.41, 5.74) is 10.2. The number of primary amides is 1. The quantitative estimate of drug-likeness (QED) is 0.395. The third-order valence-corrected chi connectivity index (χ3v) is 9.27. The molecule has 0 atom stereocenters. The minimum atomic E-state index is -3.16. The van der Waals surface area contributed by atoms with E-state index in [-0.39, 0.29) is 11.7 Å². The largest absolute Gasteiger partial charge is 0.366 e. The van der Waals surface area contributed by atoms with E-state index in [1.807, 2.05) is 12.3 Å². The van der Waals surface area contributed by atoms with Gasteiger partial charge < -0.3 is 16.0 Å². The van der Waals surface area contributed by atoms with Crippen molar-refractivity contribution < 1.29 is 13.2 Å². The molecule has 1 saturated heterocycles. The lowest BCUT2D eigenvalue weighted by Crippen LogP contribution is -2.38. The molecule has 2 aromatic heterocycles. The predicted molar refractivity (Wildman–Crippen MR) is 135 cm³/mol. The lowest BCUT2D eigenvalue weighted by molar-refractivity contribution is 0.100. The van der Waals surface area contributed by atoms with Gasteiger partial charge in [-0.05, 0) is 78.9 Å². The van der Waals surface area contributed by atoms with Crippen molar-refractivity contribution in [2.75, 3.05) is 25.4 Å². The molecule has 33 heavy (non-hydrogen) atoms. The Hall–Kier alpha value is -2.20. The molecule has 0 unspecified atom stereocenters. The van der Waals surface area contributed by atoms with Gasteiger partial charge in [0, 0.05) is 36.1 Å². The molecule has 0 spiro atoms. The first kappa shape index (κ1) is 23.9. The van der Waals surface area contributed by atoms with Gasteiger partial charge in [-0.25, -0.2) is 12.7 Å². The molecule has 4 rings (SSSR count). The number of nitrogens with zero attached hydrogens (tertiary/aromatic N) is 1. The SMILES string of the molecule is CCCNCc1cc(-c2cc(C(N)=O)c3[nH]cc(C4CCN(S(=O)(=O)CC)CC4)c3c2)cs1. The number of piperidine rings is 1. The van der Waals surface area contributed by atoms with Crippen molar-refractivity contribution in [1.82, 2.24) is 14.6 Å². The summed E-state index contributed by atoms with van der Waals surface area (Å²) in [5, 5.41) is 6.54. The van der Waals surface area contributed by atoms with Crippen LogP contribution in [0.3, 0.4) is 0 Å². The highest BCUT2D eigenvalue weighted by molar-refractivity contribution is 7.89. The number of carbonyl (C=O) groups excluding carboxylic acids is 1. The minimum Gasteiger partial charge on any atom is -0.366 e. The molecule has 0 radical (unpaired) electrons. The number of thiophene rings is 1. The number of benzene rings is 1. The van der Waals surface area contributed by atoms with Crippen LogP contribution in [0.15, 0.2) is 29.8 Å². The summed E-state index contributed by atoms with van der Waals surface area (Å²) < 4.78 is 26.1. The number of aromatic amines is 1. The normalized spacial score (nSPS) is 15.9. The van der Waals surface area contributed by atoms with Crippen molar-refractivity contribution in [2.45, 2.75) is 45.6 Å². The summed E-state index contributed by atoms with van der Waals surface area (Å²) >= 11 is 1.70. The molecule has 4 N–H and O–H groups in total. The second-order valence-electron chi connectivity index (χ2n) is 8.61. The molecule has 3 heterocycles. The van der Waals surface area contributed by atoms with Crippen LogP contribution in [-0.2, 0) is 16.6 Å². The molecule has 7 nitrogen and oxygen atoms in total. The van der Waals surface area contributed by atoms with Crippen molar-refractivity contribution in [3.05, 3.63) is 45.8 Å². The van der Waals surface area contributed by atoms with Crippen LogP contribution in [0, 0.1) is 0 Å². The summed E-state index contributed by atoms with van der Waals surface area (Å²) in [6.45, 7) is 6.69. The van der Waals surface area contributed by atoms with E-state index in [0.717, 1.165) is 59.9 Å². The van der Waals surface area contributed by atoms with Gasteiger partial charge in [-0.1, -0.05) is 6.92 Å². The second kappa shape index (κ2) is 9.97. The van der Waals surface area contributed by atoms with Gasteiger partial charge >= 0.3 is 0 Å². The Morgan fingerprint density at radius 1 is 1.21 bits per heavy atom. The van der Waals surface area contributed by atoms with E-state index in [1.165, 1.54) is 4.88 Å². The van der Waals surface area contributed by atoms with Crippen molar-refractivity contribution in [1.29, 1.82) is 0 Å². The molecule has 1 aliphatic rings. The van der Waals surface area contributed by atoms with Gasteiger partial charge in [0.15, 0.2) is 0 Å². The average Bonchev–Trinajstić information content (AvgIpc) is 3.46. The third-order valence-electron chi connectivity index (χ3n) is 6.45. The van der Waals surface area contributed by atoms with Gasteiger partial charge in [0.1, 0.15) is 0 Å². The zero-order valence-corrected chi connectivity index (χ0v) is 20.8. The second-order valence-corrected chi connectivity index (χ2v) is 11.9. The van der Waals surface area contributed by atoms with Crippen LogP contribution in [0.4, 0.5) is 0 Å². The van der Waals surface area contributed by atoms with Crippen molar-refractivity contribution in [2.24, 2.45) is 5.73 Å². The Morgan fingerprint density at radius 2 is 1.97 bits per heavy atom. The molecule has 1 aromatic carbocycles. The van der Waals surface area contributed by atoms with Crippen LogP contribution >= 0.6 is 11.3 Å². The highest BCUT2D eigenvalue weighted by atomic mass is 32.2. The summed E-state index contributed by atoms with van der Waals surface area (Å²) in [4.78, 5) is 16.8. The number of hydrogen-bond acceptors (Lipinski definition) is 5. The lowest BCUT2D eigenvalue weighted by Gasteiger charge is -2.31. The van der Waals surface area contributed by atoms with Crippen LogP contribution in [-0.4, -0.2) is 49.0 Å². The lowest BCUT2D eigenvalue weighted by atomic mass is 9.88. The smallest absolute Gasteiger partial charge is 0.250 e. The first-order chi connectivity index (χ1) is 15.8. The van der Waals surface area contributed by atoms with E-state index in [9.17, 15) is 13.2 Å². The summed E-state index contributed by atoms with van der Waals surface area (Å²) in [6.07, 6.45) is 4.57. The van der Waals surface area contributed by atoms with E-state index >= 15 is 0 Å². The van der Waals surface area contributed by atoms with E-state index in [2.05, 4.69) is 34.7 Å². The first-order valence-corrected chi connectivity index (χ1v) is 14.0. The molecule has 0 bridgehead atoms. The Morgan fingerprint density at radius 3 is 2.64 bits per heavy atom. The molecule has 0 aliphatic carbocycles. The maximum absolute atomic E-state index is 12.3. The molecule has 3 aromatic rings. The predicted octanol–water partition coefficient (Wildman–Crippen LogP) is 4.02. The minimum absolute atomic E-state index is 0.132. The highest BCUT2D eigenvalue weighted by Crippen LogP contribution is 2.38. The number of nitrogens with one attached hydrogen (secondary N) is 2. The number of rotatable bonds is 9. The fourth-order valence-electron chi connectivity index (χ4n) is 4.59. The van der Waals surface area contributed by atoms with Crippen molar-refractivity contribution >= 4 is 38.2 Å². The van der Waals surface area contributed by atoms with E-state index < -0.39 is 15.9 Å². The fourth-order valence-corrected chi connectivity index (χ4v) is 6.59. The van der Waals surface area contributed by atoms with E-state index in [4.69, 9.17) is 5.73 Å². The van der Waals surface area contributed by atoms with Crippen molar-refractivity contribution in [3.8, 4) is 11.1 Å². The van der Waals surface area contributed by atoms with Crippen LogP contribution in [0.5, 0.6) is 0 Å². The summed E-state index contributed by atoms with van der Waals surface area (Å²) in [6, 6.07) is 6.17. The topological polar surface area (TPSA) is 108 Å². The Kier molecular flexibility index (Phi) is 7.23. The van der Waals surface area contributed by atoms with Crippen LogP contribution in [0.2, 0.25) is 0 Å². The number of aromatic nitrogens is 1. The van der Waals surface area contributed by atoms with Crippen molar-refractivity contribution in [3.63, 3.8) is 0 Å². The van der Waals surface area contributed by atoms with Gasteiger partial charge in [-0.3, -0.25) is 4.79 Å². The molecular weight excluding hydrogens is 456 g/mol. The fraction of sp³-hybridized carbons (Fsp3) is 0.458. The summed E-state index contributed by atoms with van der Waals surface area (Å²) in [5.74, 6) is -0.0966. The number of amides is 1. The number of hydrogen-bond donors (Lipinski definition) is 3. The molecular formula is C24H32N4O3S2. The zero-order chi connectivity index (χ0) is 23.6. The average molecular weight is 489 g/mol. The Bertz CT molecular complexity index is 1240. The molecule has 9 heteroatoms. The van der Waals surface area contributed by atoms with Gasteiger partial charge in [0.25, 0.3) is 5.91 Å². The number of H-pyrrole nitrogens is 1.